The number of halogens is 1. The van der Waals surface area contributed by atoms with Gasteiger partial charge in [-0.15, -0.1) is 0 Å². The lowest BCUT2D eigenvalue weighted by Gasteiger charge is -2.08. The van der Waals surface area contributed by atoms with Gasteiger partial charge in [0.15, 0.2) is 0 Å². The van der Waals surface area contributed by atoms with Crippen LogP contribution in [0, 0.1) is 6.92 Å². The zero-order chi connectivity index (χ0) is 12.3. The van der Waals surface area contributed by atoms with Crippen LogP contribution in [0.4, 0.5) is 4.39 Å². The molecule has 0 bridgehead atoms. The number of hydrogen-bond donors (Lipinski definition) is 0. The van der Waals surface area contributed by atoms with Crippen LogP contribution in [0.2, 0.25) is 0 Å². The molecule has 0 amide bonds. The SMILES string of the molecule is CC.CC.Cc1ccccc1OC(F)P. The van der Waals surface area contributed by atoms with Gasteiger partial charge in [0.2, 0.25) is 6.10 Å². The van der Waals surface area contributed by atoms with Crippen LogP contribution in [0.25, 0.3) is 0 Å². The van der Waals surface area contributed by atoms with Crippen LogP contribution < -0.4 is 4.74 Å². The normalized spacial score (nSPS) is 10.1. The third-order valence-electron chi connectivity index (χ3n) is 1.33. The molecule has 3 heteroatoms. The van der Waals surface area contributed by atoms with E-state index in [-0.39, 0.29) is 0 Å². The third kappa shape index (κ3) is 8.38. The van der Waals surface area contributed by atoms with Crippen molar-refractivity contribution in [3.05, 3.63) is 29.8 Å². The van der Waals surface area contributed by atoms with Crippen molar-refractivity contribution in [3.63, 3.8) is 0 Å². The predicted octanol–water partition coefficient (Wildman–Crippen LogP) is 4.55. The minimum Gasteiger partial charge on any atom is -0.457 e. The minimum absolute atomic E-state index is 0.593. The minimum atomic E-state index is -1.32. The zero-order valence-corrected chi connectivity index (χ0v) is 11.4. The molecule has 0 aromatic heterocycles. The molecule has 15 heavy (non-hydrogen) atoms. The van der Waals surface area contributed by atoms with Crippen molar-refractivity contribution in [2.24, 2.45) is 0 Å². The molecule has 0 aliphatic carbocycles. The fourth-order valence-electron chi connectivity index (χ4n) is 0.810. The number of ether oxygens (including phenoxy) is 1. The second-order valence-corrected chi connectivity index (χ2v) is 2.76. The number of aryl methyl sites for hydroxylation is 1. The van der Waals surface area contributed by atoms with Gasteiger partial charge < -0.3 is 4.74 Å². The van der Waals surface area contributed by atoms with Crippen LogP contribution in [0.15, 0.2) is 24.3 Å². The monoisotopic (exact) mass is 232 g/mol. The molecular weight excluding hydrogens is 210 g/mol. The van der Waals surface area contributed by atoms with Gasteiger partial charge in [-0.3, -0.25) is 0 Å². The molecule has 0 spiro atoms. The summed E-state index contributed by atoms with van der Waals surface area (Å²) < 4.78 is 17.1. The maximum Gasteiger partial charge on any atom is 0.249 e. The van der Waals surface area contributed by atoms with Crippen LogP contribution in [-0.2, 0) is 0 Å². The summed E-state index contributed by atoms with van der Waals surface area (Å²) in [5.74, 6) is 0.593. The van der Waals surface area contributed by atoms with Crippen LogP contribution in [-0.4, -0.2) is 6.10 Å². The van der Waals surface area contributed by atoms with Crippen LogP contribution in [0.5, 0.6) is 5.75 Å². The Bertz CT molecular complexity index is 239. The third-order valence-corrected chi connectivity index (χ3v) is 1.47. The Balaban J connectivity index is 0. The van der Waals surface area contributed by atoms with E-state index in [2.05, 4.69) is 0 Å². The Kier molecular flexibility index (Phi) is 12.8. The molecule has 0 radical (unpaired) electrons. The molecule has 1 rings (SSSR count). The van der Waals surface area contributed by atoms with Crippen LogP contribution >= 0.6 is 9.24 Å². The number of alkyl halides is 1. The van der Waals surface area contributed by atoms with Gasteiger partial charge in [0.1, 0.15) is 5.75 Å². The summed E-state index contributed by atoms with van der Waals surface area (Å²) in [7, 11) is 1.94. The van der Waals surface area contributed by atoms with Gasteiger partial charge in [0.25, 0.3) is 0 Å². The van der Waals surface area contributed by atoms with Crippen LogP contribution in [0.3, 0.4) is 0 Å². The highest BCUT2D eigenvalue weighted by molar-refractivity contribution is 7.16. The Morgan fingerprint density at radius 3 is 2.00 bits per heavy atom. The van der Waals surface area contributed by atoms with Gasteiger partial charge in [-0.25, -0.2) is 0 Å². The fourth-order valence-corrected chi connectivity index (χ4v) is 0.957. The molecule has 2 unspecified atom stereocenters. The van der Waals surface area contributed by atoms with Gasteiger partial charge >= 0.3 is 0 Å². The Morgan fingerprint density at radius 1 is 1.13 bits per heavy atom. The van der Waals surface area contributed by atoms with E-state index in [0.717, 1.165) is 5.56 Å². The first-order valence-corrected chi connectivity index (χ1v) is 5.99. The Morgan fingerprint density at radius 2 is 1.60 bits per heavy atom. The molecule has 0 heterocycles. The maximum absolute atomic E-state index is 12.3. The largest absolute Gasteiger partial charge is 0.457 e. The Hall–Kier alpha value is -0.620. The number of benzene rings is 1. The van der Waals surface area contributed by atoms with E-state index in [1.165, 1.54) is 0 Å². The Labute approximate surface area is 95.2 Å². The second-order valence-electron chi connectivity index (χ2n) is 2.23. The highest BCUT2D eigenvalue weighted by Crippen LogP contribution is 2.19. The average molecular weight is 232 g/mol. The zero-order valence-electron chi connectivity index (χ0n) is 10.3. The summed E-state index contributed by atoms with van der Waals surface area (Å²) in [5, 5.41) is 0. The van der Waals surface area contributed by atoms with Crippen molar-refractivity contribution >= 4 is 9.24 Å². The quantitative estimate of drug-likeness (QED) is 0.679. The van der Waals surface area contributed by atoms with E-state index in [1.54, 1.807) is 6.07 Å². The molecule has 0 aliphatic rings. The lowest BCUT2D eigenvalue weighted by atomic mass is 10.2. The highest BCUT2D eigenvalue weighted by atomic mass is 31.0. The van der Waals surface area contributed by atoms with E-state index in [1.807, 2.05) is 62.1 Å². The maximum atomic E-state index is 12.3. The molecule has 0 saturated carbocycles. The van der Waals surface area contributed by atoms with Gasteiger partial charge in [0.05, 0.1) is 0 Å². The van der Waals surface area contributed by atoms with Crippen molar-refractivity contribution < 1.29 is 9.13 Å². The lowest BCUT2D eigenvalue weighted by Crippen LogP contribution is -2.00. The summed E-state index contributed by atoms with van der Waals surface area (Å²) in [4.78, 5) is 0. The molecule has 0 fully saturated rings. The summed E-state index contributed by atoms with van der Waals surface area (Å²) in [6.07, 6.45) is -1.32. The van der Waals surface area contributed by atoms with Crippen molar-refractivity contribution in [3.8, 4) is 5.75 Å². The van der Waals surface area contributed by atoms with Crippen molar-refractivity contribution in [2.45, 2.75) is 40.7 Å². The summed E-state index contributed by atoms with van der Waals surface area (Å²) in [6, 6.07) is 7.32. The second kappa shape index (κ2) is 11.5. The van der Waals surface area contributed by atoms with E-state index in [0.29, 0.717) is 5.75 Å². The van der Waals surface area contributed by atoms with E-state index in [9.17, 15) is 4.39 Å². The van der Waals surface area contributed by atoms with Crippen molar-refractivity contribution in [2.75, 3.05) is 0 Å². The van der Waals surface area contributed by atoms with Gasteiger partial charge in [-0.1, -0.05) is 55.1 Å². The lowest BCUT2D eigenvalue weighted by molar-refractivity contribution is 0.152. The van der Waals surface area contributed by atoms with Crippen molar-refractivity contribution in [1.82, 2.24) is 0 Å². The van der Waals surface area contributed by atoms with Crippen LogP contribution in [0.1, 0.15) is 33.3 Å². The molecule has 0 N–H and O–H groups in total. The van der Waals surface area contributed by atoms with Crippen molar-refractivity contribution in [1.29, 1.82) is 0 Å². The highest BCUT2D eigenvalue weighted by Gasteiger charge is 2.01. The molecule has 0 aliphatic heterocycles. The first kappa shape index (κ1) is 16.8. The number of rotatable bonds is 2. The molecule has 2 atom stereocenters. The first-order chi connectivity index (χ1) is 7.20. The van der Waals surface area contributed by atoms with Gasteiger partial charge in [-0.05, 0) is 18.6 Å². The molecule has 1 aromatic carbocycles. The molecule has 0 saturated heterocycles. The smallest absolute Gasteiger partial charge is 0.249 e. The standard InChI is InChI=1S/C8H10FOP.2C2H6/c1-6-4-2-3-5-7(6)10-8(9)11;2*1-2/h2-5,8H,11H2,1H3;2*1-2H3. The molecular formula is C12H22FOP. The van der Waals surface area contributed by atoms with E-state index >= 15 is 0 Å². The van der Waals surface area contributed by atoms with Gasteiger partial charge in [-0.2, -0.15) is 4.39 Å². The summed E-state index contributed by atoms with van der Waals surface area (Å²) >= 11 is 0. The topological polar surface area (TPSA) is 9.23 Å². The summed E-state index contributed by atoms with van der Waals surface area (Å²) in [6.45, 7) is 9.88. The number of hydrogen-bond acceptors (Lipinski definition) is 1. The van der Waals surface area contributed by atoms with Gasteiger partial charge in [0, 0.05) is 0 Å². The summed E-state index contributed by atoms with van der Waals surface area (Å²) in [5.41, 5.74) is 0.942. The predicted molar refractivity (Wildman–Crippen MR) is 69.1 cm³/mol. The number of para-hydroxylation sites is 1. The molecule has 1 nitrogen and oxygen atoms in total. The fraction of sp³-hybridized carbons (Fsp3) is 0.500. The molecule has 1 aromatic rings. The van der Waals surface area contributed by atoms with E-state index in [4.69, 9.17) is 4.74 Å². The molecule has 88 valence electrons. The first-order valence-electron chi connectivity index (χ1n) is 5.32. The average Bonchev–Trinajstić information content (AvgIpc) is 2.27. The van der Waals surface area contributed by atoms with E-state index < -0.39 is 6.10 Å².